The van der Waals surface area contributed by atoms with Crippen LogP contribution < -0.4 is 11.1 Å². The van der Waals surface area contributed by atoms with E-state index in [0.717, 1.165) is 12.8 Å². The molecule has 110 valence electrons. The van der Waals surface area contributed by atoms with E-state index < -0.39 is 5.97 Å². The van der Waals surface area contributed by atoms with Crippen molar-refractivity contribution in [2.75, 3.05) is 12.3 Å². The molecule has 0 heterocycles. The van der Waals surface area contributed by atoms with Gasteiger partial charge >= 0.3 is 5.97 Å². The highest BCUT2D eigenvalue weighted by molar-refractivity contribution is 6.34. The standard InChI is InChI=1S/C14H19ClN2O3/c1-3-9(4-2)17-12(18)8-20-14(19)13-10(15)6-5-7-11(13)16/h5-7,9H,3-4,8,16H2,1-2H3,(H,17,18). The maximum atomic E-state index is 11.8. The number of carbonyl (C=O) groups is 2. The first-order valence-corrected chi connectivity index (χ1v) is 6.87. The molecule has 1 aromatic carbocycles. The second-order valence-corrected chi connectivity index (χ2v) is 4.77. The monoisotopic (exact) mass is 298 g/mol. The summed E-state index contributed by atoms with van der Waals surface area (Å²) in [5, 5.41) is 2.98. The van der Waals surface area contributed by atoms with Gasteiger partial charge in [-0.25, -0.2) is 4.79 Å². The molecular formula is C14H19ClN2O3. The molecule has 5 nitrogen and oxygen atoms in total. The van der Waals surface area contributed by atoms with Gasteiger partial charge in [-0.15, -0.1) is 0 Å². The van der Waals surface area contributed by atoms with Crippen molar-refractivity contribution in [3.8, 4) is 0 Å². The number of hydrogen-bond acceptors (Lipinski definition) is 4. The van der Waals surface area contributed by atoms with E-state index in [0.29, 0.717) is 0 Å². The summed E-state index contributed by atoms with van der Waals surface area (Å²) in [6.45, 7) is 3.61. The van der Waals surface area contributed by atoms with E-state index in [1.54, 1.807) is 18.2 Å². The third kappa shape index (κ3) is 4.42. The third-order valence-corrected chi connectivity index (χ3v) is 3.25. The van der Waals surface area contributed by atoms with Crippen molar-refractivity contribution in [2.24, 2.45) is 0 Å². The van der Waals surface area contributed by atoms with Gasteiger partial charge in [0.1, 0.15) is 5.56 Å². The number of rotatable bonds is 6. The Morgan fingerprint density at radius 1 is 1.35 bits per heavy atom. The van der Waals surface area contributed by atoms with E-state index in [2.05, 4.69) is 5.32 Å². The van der Waals surface area contributed by atoms with Gasteiger partial charge in [-0.05, 0) is 25.0 Å². The molecule has 20 heavy (non-hydrogen) atoms. The van der Waals surface area contributed by atoms with Crippen LogP contribution in [0.25, 0.3) is 0 Å². The quantitative estimate of drug-likeness (QED) is 0.624. The van der Waals surface area contributed by atoms with Gasteiger partial charge in [-0.2, -0.15) is 0 Å². The molecule has 0 aliphatic rings. The minimum Gasteiger partial charge on any atom is -0.452 e. The summed E-state index contributed by atoms with van der Waals surface area (Å²) in [5.74, 6) is -1.04. The molecule has 0 saturated heterocycles. The number of esters is 1. The first-order valence-electron chi connectivity index (χ1n) is 6.50. The number of nitrogens with two attached hydrogens (primary N) is 1. The first-order chi connectivity index (χ1) is 9.49. The molecule has 0 atom stereocenters. The number of nitrogen functional groups attached to an aromatic ring is 1. The van der Waals surface area contributed by atoms with Crippen molar-refractivity contribution in [1.82, 2.24) is 5.32 Å². The molecule has 1 rings (SSSR count). The number of carbonyl (C=O) groups excluding carboxylic acids is 2. The summed E-state index contributed by atoms with van der Waals surface area (Å²) in [6, 6.07) is 4.81. The van der Waals surface area contributed by atoms with Gasteiger partial charge in [-0.1, -0.05) is 31.5 Å². The Morgan fingerprint density at radius 2 is 2.00 bits per heavy atom. The Morgan fingerprint density at radius 3 is 2.55 bits per heavy atom. The normalized spacial score (nSPS) is 10.4. The second kappa shape index (κ2) is 7.75. The Bertz CT molecular complexity index is 467. The van der Waals surface area contributed by atoms with Crippen molar-refractivity contribution < 1.29 is 14.3 Å². The molecule has 0 aliphatic carbocycles. The zero-order chi connectivity index (χ0) is 15.1. The van der Waals surface area contributed by atoms with E-state index in [1.165, 1.54) is 0 Å². The van der Waals surface area contributed by atoms with Crippen LogP contribution in [0.15, 0.2) is 18.2 Å². The fourth-order valence-corrected chi connectivity index (χ4v) is 1.98. The largest absolute Gasteiger partial charge is 0.452 e. The van der Waals surface area contributed by atoms with Gasteiger partial charge in [0, 0.05) is 11.7 Å². The molecule has 0 saturated carbocycles. The molecule has 6 heteroatoms. The van der Waals surface area contributed by atoms with E-state index in [1.807, 2.05) is 13.8 Å². The smallest absolute Gasteiger partial charge is 0.342 e. The molecule has 0 fully saturated rings. The highest BCUT2D eigenvalue weighted by Gasteiger charge is 2.17. The van der Waals surface area contributed by atoms with Crippen LogP contribution in [-0.4, -0.2) is 24.5 Å². The highest BCUT2D eigenvalue weighted by atomic mass is 35.5. The number of halogens is 1. The topological polar surface area (TPSA) is 81.4 Å². The van der Waals surface area contributed by atoms with Crippen LogP contribution >= 0.6 is 11.6 Å². The number of ether oxygens (including phenoxy) is 1. The molecule has 0 bridgehead atoms. The molecule has 0 unspecified atom stereocenters. The molecule has 0 radical (unpaired) electrons. The lowest BCUT2D eigenvalue weighted by Gasteiger charge is -2.15. The maximum Gasteiger partial charge on any atom is 0.342 e. The minimum atomic E-state index is -0.701. The van der Waals surface area contributed by atoms with Crippen LogP contribution in [0.3, 0.4) is 0 Å². The lowest BCUT2D eigenvalue weighted by atomic mass is 10.2. The molecule has 0 spiro atoms. The second-order valence-electron chi connectivity index (χ2n) is 4.36. The fourth-order valence-electron chi connectivity index (χ4n) is 1.72. The van der Waals surface area contributed by atoms with Gasteiger partial charge in [-0.3, -0.25) is 4.79 Å². The predicted molar refractivity (Wildman–Crippen MR) is 78.7 cm³/mol. The van der Waals surface area contributed by atoms with E-state index in [-0.39, 0.29) is 34.8 Å². The zero-order valence-corrected chi connectivity index (χ0v) is 12.4. The average Bonchev–Trinajstić information content (AvgIpc) is 2.42. The Balaban J connectivity index is 2.58. The van der Waals surface area contributed by atoms with Crippen LogP contribution in [0.5, 0.6) is 0 Å². The van der Waals surface area contributed by atoms with Gasteiger partial charge < -0.3 is 15.8 Å². The van der Waals surface area contributed by atoms with E-state index in [9.17, 15) is 9.59 Å². The Hall–Kier alpha value is -1.75. The molecule has 1 amide bonds. The van der Waals surface area contributed by atoms with E-state index in [4.69, 9.17) is 22.1 Å². The van der Waals surface area contributed by atoms with Crippen LogP contribution in [0, 0.1) is 0 Å². The van der Waals surface area contributed by atoms with Gasteiger partial charge in [0.2, 0.25) is 0 Å². The van der Waals surface area contributed by atoms with Crippen molar-refractivity contribution in [3.63, 3.8) is 0 Å². The molecule has 3 N–H and O–H groups in total. The molecule has 0 aromatic heterocycles. The number of amides is 1. The van der Waals surface area contributed by atoms with Gasteiger partial charge in [0.25, 0.3) is 5.91 Å². The van der Waals surface area contributed by atoms with Crippen molar-refractivity contribution in [1.29, 1.82) is 0 Å². The lowest BCUT2D eigenvalue weighted by Crippen LogP contribution is -2.36. The molecule has 0 aliphatic heterocycles. The summed E-state index contributed by atoms with van der Waals surface area (Å²) in [4.78, 5) is 23.5. The average molecular weight is 299 g/mol. The van der Waals surface area contributed by atoms with Crippen LogP contribution in [0.1, 0.15) is 37.0 Å². The summed E-state index contributed by atoms with van der Waals surface area (Å²) < 4.78 is 4.93. The van der Waals surface area contributed by atoms with Crippen molar-refractivity contribution in [3.05, 3.63) is 28.8 Å². The summed E-state index contributed by atoms with van der Waals surface area (Å²) in [5.41, 5.74) is 5.98. The summed E-state index contributed by atoms with van der Waals surface area (Å²) in [6.07, 6.45) is 1.65. The van der Waals surface area contributed by atoms with Crippen molar-refractivity contribution >= 4 is 29.2 Å². The maximum absolute atomic E-state index is 11.8. The number of anilines is 1. The first kappa shape index (κ1) is 16.3. The highest BCUT2D eigenvalue weighted by Crippen LogP contribution is 2.22. The number of benzene rings is 1. The Kier molecular flexibility index (Phi) is 6.31. The number of nitrogens with one attached hydrogen (secondary N) is 1. The van der Waals surface area contributed by atoms with Crippen LogP contribution in [-0.2, 0) is 9.53 Å². The SMILES string of the molecule is CCC(CC)NC(=O)COC(=O)c1c(N)cccc1Cl. The predicted octanol–water partition coefficient (Wildman–Crippen LogP) is 2.38. The number of hydrogen-bond donors (Lipinski definition) is 2. The zero-order valence-electron chi connectivity index (χ0n) is 11.6. The minimum absolute atomic E-state index is 0.0875. The fraction of sp³-hybridized carbons (Fsp3) is 0.429. The van der Waals surface area contributed by atoms with Gasteiger partial charge in [0.15, 0.2) is 6.61 Å². The molecular weight excluding hydrogens is 280 g/mol. The Labute approximate surface area is 123 Å². The van der Waals surface area contributed by atoms with Crippen LogP contribution in [0.2, 0.25) is 5.02 Å². The lowest BCUT2D eigenvalue weighted by molar-refractivity contribution is -0.125. The third-order valence-electron chi connectivity index (χ3n) is 2.94. The van der Waals surface area contributed by atoms with Crippen LogP contribution in [0.4, 0.5) is 5.69 Å². The van der Waals surface area contributed by atoms with E-state index >= 15 is 0 Å². The van der Waals surface area contributed by atoms with Gasteiger partial charge in [0.05, 0.1) is 5.02 Å². The van der Waals surface area contributed by atoms with Crippen molar-refractivity contribution in [2.45, 2.75) is 32.7 Å². The summed E-state index contributed by atoms with van der Waals surface area (Å²) >= 11 is 5.89. The molecule has 1 aromatic rings. The summed E-state index contributed by atoms with van der Waals surface area (Å²) in [7, 11) is 0.